The Kier molecular flexibility index (Phi) is 4.98. The van der Waals surface area contributed by atoms with Crippen molar-refractivity contribution >= 4 is 12.1 Å². The fourth-order valence-electron chi connectivity index (χ4n) is 1.47. The van der Waals surface area contributed by atoms with Crippen LogP contribution < -0.4 is 10.2 Å². The molecule has 0 bridgehead atoms. The number of nitrogens with zero attached hydrogens (tertiary/aromatic N) is 1. The Bertz CT molecular complexity index is 642. The van der Waals surface area contributed by atoms with Gasteiger partial charge in [0, 0.05) is 5.56 Å². The number of ether oxygens (including phenoxy) is 1. The highest BCUT2D eigenvalue weighted by atomic mass is 19.1. The number of rotatable bonds is 5. The van der Waals surface area contributed by atoms with E-state index in [1.54, 1.807) is 12.1 Å². The lowest BCUT2D eigenvalue weighted by Crippen LogP contribution is -2.24. The van der Waals surface area contributed by atoms with Crippen LogP contribution >= 0.6 is 0 Å². The molecule has 2 aromatic carbocycles. The fraction of sp³-hybridized carbons (Fsp3) is 0.0667. The molecule has 0 unspecified atom stereocenters. The van der Waals surface area contributed by atoms with E-state index in [1.165, 1.54) is 42.6 Å². The Balaban J connectivity index is 1.80. The fourth-order valence-corrected chi connectivity index (χ4v) is 1.47. The first-order valence-corrected chi connectivity index (χ1v) is 6.10. The molecule has 2 aromatic rings. The van der Waals surface area contributed by atoms with Crippen molar-refractivity contribution in [2.24, 2.45) is 5.10 Å². The summed E-state index contributed by atoms with van der Waals surface area (Å²) >= 11 is 0. The van der Waals surface area contributed by atoms with Gasteiger partial charge in [-0.25, -0.2) is 14.2 Å². The monoisotopic (exact) mass is 290 g/mol. The Morgan fingerprint density at radius 2 is 1.86 bits per heavy atom. The summed E-state index contributed by atoms with van der Waals surface area (Å²) in [5.74, 6) is -0.962. The first-order valence-electron chi connectivity index (χ1n) is 6.10. The highest BCUT2D eigenvalue weighted by molar-refractivity contribution is 5.83. The van der Waals surface area contributed by atoms with Gasteiger partial charge in [-0.15, -0.1) is 0 Å². The summed E-state index contributed by atoms with van der Waals surface area (Å²) in [5, 5.41) is 3.62. The number of hydrogen-bond donors (Lipinski definition) is 1. The van der Waals surface area contributed by atoms with Gasteiger partial charge in [-0.1, -0.05) is 18.2 Å². The minimum absolute atomic E-state index is 0.261. The van der Waals surface area contributed by atoms with Crippen molar-refractivity contribution in [2.75, 3.05) is 6.61 Å². The van der Waals surface area contributed by atoms with Gasteiger partial charge >= 0.3 is 0 Å². The van der Waals surface area contributed by atoms with Crippen LogP contribution in [-0.4, -0.2) is 18.7 Å². The maximum atomic E-state index is 13.3. The first-order chi connectivity index (χ1) is 10.1. The molecular weight excluding hydrogens is 278 g/mol. The predicted octanol–water partition coefficient (Wildman–Crippen LogP) is 2.49. The van der Waals surface area contributed by atoms with Gasteiger partial charge in [0.25, 0.3) is 5.91 Å². The second-order valence-electron chi connectivity index (χ2n) is 4.06. The standard InChI is InChI=1S/C15H12F2N2O2/c16-12-5-7-13(8-6-12)21-10-15(20)19-18-9-11-3-1-2-4-14(11)17/h1-9H,10H2,(H,19,20)/b18-9+. The van der Waals surface area contributed by atoms with E-state index in [4.69, 9.17) is 4.74 Å². The smallest absolute Gasteiger partial charge is 0.277 e. The average molecular weight is 290 g/mol. The highest BCUT2D eigenvalue weighted by Crippen LogP contribution is 2.10. The van der Waals surface area contributed by atoms with Crippen molar-refractivity contribution in [1.29, 1.82) is 0 Å². The predicted molar refractivity (Wildman–Crippen MR) is 74.0 cm³/mol. The van der Waals surface area contributed by atoms with Gasteiger partial charge in [-0.05, 0) is 30.3 Å². The van der Waals surface area contributed by atoms with E-state index in [-0.39, 0.29) is 18.0 Å². The molecule has 0 aliphatic carbocycles. The highest BCUT2D eigenvalue weighted by Gasteiger charge is 2.02. The molecular formula is C15H12F2N2O2. The van der Waals surface area contributed by atoms with Gasteiger partial charge in [0.15, 0.2) is 6.61 Å². The van der Waals surface area contributed by atoms with Gasteiger partial charge < -0.3 is 4.74 Å². The van der Waals surface area contributed by atoms with Gasteiger partial charge in [-0.3, -0.25) is 4.79 Å². The molecule has 0 aliphatic rings. The molecule has 6 heteroatoms. The summed E-state index contributed by atoms with van der Waals surface area (Å²) in [4.78, 5) is 11.4. The molecule has 0 aliphatic heterocycles. The van der Waals surface area contributed by atoms with E-state index in [0.29, 0.717) is 5.75 Å². The molecule has 0 heterocycles. The molecule has 1 amide bonds. The van der Waals surface area contributed by atoms with Gasteiger partial charge in [-0.2, -0.15) is 5.10 Å². The zero-order chi connectivity index (χ0) is 15.1. The molecule has 1 N–H and O–H groups in total. The van der Waals surface area contributed by atoms with E-state index in [2.05, 4.69) is 10.5 Å². The topological polar surface area (TPSA) is 50.7 Å². The molecule has 4 nitrogen and oxygen atoms in total. The summed E-state index contributed by atoms with van der Waals surface area (Å²) < 4.78 is 31.0. The molecule has 0 saturated carbocycles. The van der Waals surface area contributed by atoms with Crippen molar-refractivity contribution in [1.82, 2.24) is 5.43 Å². The Morgan fingerprint density at radius 1 is 1.14 bits per heavy atom. The second-order valence-corrected chi connectivity index (χ2v) is 4.06. The summed E-state index contributed by atoms with van der Waals surface area (Å²) in [7, 11) is 0. The largest absolute Gasteiger partial charge is 0.484 e. The number of halogens is 2. The third-order valence-corrected chi connectivity index (χ3v) is 2.48. The van der Waals surface area contributed by atoms with Crippen LogP contribution in [0.15, 0.2) is 53.6 Å². The first kappa shape index (κ1) is 14.6. The van der Waals surface area contributed by atoms with Crippen LogP contribution in [-0.2, 0) is 4.79 Å². The molecule has 0 fully saturated rings. The Labute approximate surface area is 120 Å². The van der Waals surface area contributed by atoms with E-state index in [1.807, 2.05) is 0 Å². The lowest BCUT2D eigenvalue weighted by Gasteiger charge is -2.04. The van der Waals surface area contributed by atoms with Crippen molar-refractivity contribution < 1.29 is 18.3 Å². The van der Waals surface area contributed by atoms with E-state index < -0.39 is 11.7 Å². The SMILES string of the molecule is O=C(COc1ccc(F)cc1)N/N=C/c1ccccc1F. The molecule has 0 aromatic heterocycles. The van der Waals surface area contributed by atoms with E-state index in [0.717, 1.165) is 0 Å². The maximum Gasteiger partial charge on any atom is 0.277 e. The van der Waals surface area contributed by atoms with Crippen LogP contribution in [0.25, 0.3) is 0 Å². The number of amides is 1. The van der Waals surface area contributed by atoms with Gasteiger partial charge in [0.2, 0.25) is 0 Å². The maximum absolute atomic E-state index is 13.3. The quantitative estimate of drug-likeness (QED) is 0.679. The number of hydrogen-bond acceptors (Lipinski definition) is 3. The molecule has 2 rings (SSSR count). The lowest BCUT2D eigenvalue weighted by atomic mass is 10.2. The van der Waals surface area contributed by atoms with Crippen LogP contribution in [0.2, 0.25) is 0 Å². The van der Waals surface area contributed by atoms with Crippen LogP contribution in [0.4, 0.5) is 8.78 Å². The van der Waals surface area contributed by atoms with Crippen LogP contribution in [0, 0.1) is 11.6 Å². The molecule has 21 heavy (non-hydrogen) atoms. The van der Waals surface area contributed by atoms with Crippen LogP contribution in [0.3, 0.4) is 0 Å². The molecule has 0 atom stereocenters. The van der Waals surface area contributed by atoms with E-state index >= 15 is 0 Å². The Morgan fingerprint density at radius 3 is 2.57 bits per heavy atom. The number of nitrogens with one attached hydrogen (secondary N) is 1. The van der Waals surface area contributed by atoms with Crippen molar-refractivity contribution in [3.05, 3.63) is 65.7 Å². The van der Waals surface area contributed by atoms with E-state index in [9.17, 15) is 13.6 Å². The van der Waals surface area contributed by atoms with Gasteiger partial charge in [0.05, 0.1) is 6.21 Å². The third-order valence-electron chi connectivity index (χ3n) is 2.48. The summed E-state index contributed by atoms with van der Waals surface area (Å²) in [6.07, 6.45) is 1.20. The number of carbonyl (C=O) groups excluding carboxylic acids is 1. The lowest BCUT2D eigenvalue weighted by molar-refractivity contribution is -0.123. The average Bonchev–Trinajstić information content (AvgIpc) is 2.49. The summed E-state index contributed by atoms with van der Waals surface area (Å²) in [5.41, 5.74) is 2.47. The van der Waals surface area contributed by atoms with Crippen LogP contribution in [0.5, 0.6) is 5.75 Å². The van der Waals surface area contributed by atoms with Crippen molar-refractivity contribution in [3.8, 4) is 5.75 Å². The van der Waals surface area contributed by atoms with Crippen molar-refractivity contribution in [2.45, 2.75) is 0 Å². The number of benzene rings is 2. The molecule has 108 valence electrons. The van der Waals surface area contributed by atoms with Gasteiger partial charge in [0.1, 0.15) is 17.4 Å². The molecule has 0 saturated heterocycles. The summed E-state index contributed by atoms with van der Waals surface area (Å²) in [6, 6.07) is 11.3. The minimum Gasteiger partial charge on any atom is -0.484 e. The number of carbonyl (C=O) groups is 1. The zero-order valence-electron chi connectivity index (χ0n) is 10.9. The summed E-state index contributed by atoms with van der Waals surface area (Å²) in [6.45, 7) is -0.278. The second kappa shape index (κ2) is 7.14. The van der Waals surface area contributed by atoms with Crippen LogP contribution in [0.1, 0.15) is 5.56 Å². The Hall–Kier alpha value is -2.76. The molecule has 0 spiro atoms. The number of hydrazone groups is 1. The van der Waals surface area contributed by atoms with Crippen molar-refractivity contribution in [3.63, 3.8) is 0 Å². The minimum atomic E-state index is -0.507. The normalized spacial score (nSPS) is 10.6. The molecule has 0 radical (unpaired) electrons. The zero-order valence-corrected chi connectivity index (χ0v) is 10.9. The third kappa shape index (κ3) is 4.68.